The molecule has 1 unspecified atom stereocenters. The maximum Gasteiger partial charge on any atom is 0.0468 e. The molecular formula is C15H30N2O. The van der Waals surface area contributed by atoms with E-state index in [2.05, 4.69) is 17.3 Å². The molecule has 18 heavy (non-hydrogen) atoms. The summed E-state index contributed by atoms with van der Waals surface area (Å²) in [5.41, 5.74) is 0. The number of piperidine rings is 1. The zero-order chi connectivity index (χ0) is 12.6. The fourth-order valence-corrected chi connectivity index (χ4v) is 3.12. The molecule has 0 aromatic carbocycles. The van der Waals surface area contributed by atoms with Gasteiger partial charge in [0.25, 0.3) is 0 Å². The van der Waals surface area contributed by atoms with Gasteiger partial charge >= 0.3 is 0 Å². The zero-order valence-corrected chi connectivity index (χ0v) is 12.0. The minimum Gasteiger partial charge on any atom is -0.381 e. The molecule has 3 nitrogen and oxygen atoms in total. The van der Waals surface area contributed by atoms with Crippen LogP contribution in [-0.4, -0.2) is 51.3 Å². The van der Waals surface area contributed by atoms with Gasteiger partial charge < -0.3 is 15.0 Å². The van der Waals surface area contributed by atoms with Crippen LogP contribution in [0.2, 0.25) is 0 Å². The number of nitrogens with one attached hydrogen (secondary N) is 1. The summed E-state index contributed by atoms with van der Waals surface area (Å²) in [5, 5.41) is 3.51. The number of ether oxygens (including phenoxy) is 1. The molecular weight excluding hydrogens is 224 g/mol. The van der Waals surface area contributed by atoms with E-state index in [0.717, 1.165) is 25.0 Å². The first kappa shape index (κ1) is 14.3. The topological polar surface area (TPSA) is 24.5 Å². The summed E-state index contributed by atoms with van der Waals surface area (Å²) in [4.78, 5) is 2.53. The van der Waals surface area contributed by atoms with Gasteiger partial charge in [-0.15, -0.1) is 0 Å². The summed E-state index contributed by atoms with van der Waals surface area (Å²) in [6, 6.07) is 0. The van der Waals surface area contributed by atoms with Crippen molar-refractivity contribution in [2.24, 2.45) is 11.8 Å². The van der Waals surface area contributed by atoms with Crippen LogP contribution in [0.4, 0.5) is 0 Å². The molecule has 3 heteroatoms. The molecule has 1 atom stereocenters. The van der Waals surface area contributed by atoms with Gasteiger partial charge in [0, 0.05) is 13.2 Å². The van der Waals surface area contributed by atoms with Crippen molar-refractivity contribution in [2.45, 2.75) is 38.5 Å². The molecule has 0 saturated carbocycles. The van der Waals surface area contributed by atoms with Crippen LogP contribution in [0.15, 0.2) is 0 Å². The monoisotopic (exact) mass is 254 g/mol. The molecule has 2 fully saturated rings. The second-order valence-electron chi connectivity index (χ2n) is 6.15. The third-order valence-electron chi connectivity index (χ3n) is 4.58. The Morgan fingerprint density at radius 2 is 1.78 bits per heavy atom. The van der Waals surface area contributed by atoms with Gasteiger partial charge in [-0.25, -0.2) is 0 Å². The van der Waals surface area contributed by atoms with Crippen LogP contribution in [0.1, 0.15) is 38.5 Å². The molecule has 106 valence electrons. The molecule has 2 saturated heterocycles. The third-order valence-corrected chi connectivity index (χ3v) is 4.58. The Labute approximate surface area is 112 Å². The first-order valence-corrected chi connectivity index (χ1v) is 7.81. The Morgan fingerprint density at radius 3 is 2.44 bits per heavy atom. The Kier molecular flexibility index (Phi) is 6.46. The highest BCUT2D eigenvalue weighted by Gasteiger charge is 2.16. The smallest absolute Gasteiger partial charge is 0.0468 e. The van der Waals surface area contributed by atoms with Crippen molar-refractivity contribution in [2.75, 3.05) is 46.4 Å². The van der Waals surface area contributed by atoms with Crippen molar-refractivity contribution < 1.29 is 4.74 Å². The lowest BCUT2D eigenvalue weighted by atomic mass is 9.95. The zero-order valence-electron chi connectivity index (χ0n) is 12.0. The Balaban J connectivity index is 1.52. The first-order valence-electron chi connectivity index (χ1n) is 7.81. The van der Waals surface area contributed by atoms with Gasteiger partial charge in [0.15, 0.2) is 0 Å². The first-order chi connectivity index (χ1) is 8.84. The third kappa shape index (κ3) is 5.25. The highest BCUT2D eigenvalue weighted by Crippen LogP contribution is 2.19. The molecule has 0 radical (unpaired) electrons. The molecule has 0 amide bonds. The SMILES string of the molecule is CN(CCC1CCOCC1)CCC1CCCNC1. The molecule has 0 spiro atoms. The van der Waals surface area contributed by atoms with Gasteiger partial charge in [-0.2, -0.15) is 0 Å². The predicted molar refractivity (Wildman–Crippen MR) is 75.9 cm³/mol. The Morgan fingerprint density at radius 1 is 1.06 bits per heavy atom. The van der Waals surface area contributed by atoms with E-state index >= 15 is 0 Å². The van der Waals surface area contributed by atoms with E-state index in [0.29, 0.717) is 0 Å². The molecule has 2 aliphatic heterocycles. The molecule has 0 aliphatic carbocycles. The van der Waals surface area contributed by atoms with Gasteiger partial charge in [-0.05, 0) is 83.6 Å². The van der Waals surface area contributed by atoms with E-state index in [1.165, 1.54) is 64.7 Å². The second kappa shape index (κ2) is 8.13. The Bertz CT molecular complexity index is 189. The van der Waals surface area contributed by atoms with E-state index < -0.39 is 0 Å². The lowest BCUT2D eigenvalue weighted by Crippen LogP contribution is -2.33. The lowest BCUT2D eigenvalue weighted by Gasteiger charge is -2.27. The van der Waals surface area contributed by atoms with Crippen LogP contribution in [0.25, 0.3) is 0 Å². The van der Waals surface area contributed by atoms with Gasteiger partial charge in [0.05, 0.1) is 0 Å². The molecule has 0 aromatic rings. The number of rotatable bonds is 6. The van der Waals surface area contributed by atoms with Crippen molar-refractivity contribution in [1.29, 1.82) is 0 Å². The summed E-state index contributed by atoms with van der Waals surface area (Å²) in [7, 11) is 2.29. The number of hydrogen-bond acceptors (Lipinski definition) is 3. The van der Waals surface area contributed by atoms with Gasteiger partial charge in [0.1, 0.15) is 0 Å². The summed E-state index contributed by atoms with van der Waals surface area (Å²) < 4.78 is 5.41. The molecule has 2 heterocycles. The van der Waals surface area contributed by atoms with Crippen LogP contribution >= 0.6 is 0 Å². The molecule has 2 rings (SSSR count). The average molecular weight is 254 g/mol. The van der Waals surface area contributed by atoms with Crippen molar-refractivity contribution in [3.63, 3.8) is 0 Å². The van der Waals surface area contributed by atoms with E-state index in [1.807, 2.05) is 0 Å². The fraction of sp³-hybridized carbons (Fsp3) is 1.00. The standard InChI is InChI=1S/C15H30N2O/c1-17(9-4-14-6-11-18-12-7-14)10-5-15-3-2-8-16-13-15/h14-16H,2-13H2,1H3. The van der Waals surface area contributed by atoms with Gasteiger partial charge in [-0.3, -0.25) is 0 Å². The van der Waals surface area contributed by atoms with Crippen LogP contribution in [-0.2, 0) is 4.74 Å². The number of nitrogens with zero attached hydrogens (tertiary/aromatic N) is 1. The minimum absolute atomic E-state index is 0.914. The number of hydrogen-bond donors (Lipinski definition) is 1. The van der Waals surface area contributed by atoms with Crippen molar-refractivity contribution in [3.8, 4) is 0 Å². The minimum atomic E-state index is 0.914. The molecule has 1 N–H and O–H groups in total. The van der Waals surface area contributed by atoms with Crippen LogP contribution in [0, 0.1) is 11.8 Å². The van der Waals surface area contributed by atoms with E-state index in [4.69, 9.17) is 4.74 Å². The quantitative estimate of drug-likeness (QED) is 0.786. The highest BCUT2D eigenvalue weighted by molar-refractivity contribution is 4.71. The van der Waals surface area contributed by atoms with Crippen LogP contribution < -0.4 is 5.32 Å². The summed E-state index contributed by atoms with van der Waals surface area (Å²) in [6.07, 6.45) is 8.10. The normalized spacial score (nSPS) is 26.7. The van der Waals surface area contributed by atoms with E-state index in [9.17, 15) is 0 Å². The van der Waals surface area contributed by atoms with E-state index in [-0.39, 0.29) is 0 Å². The lowest BCUT2D eigenvalue weighted by molar-refractivity contribution is 0.0608. The summed E-state index contributed by atoms with van der Waals surface area (Å²) in [5.74, 6) is 1.84. The predicted octanol–water partition coefficient (Wildman–Crippen LogP) is 2.12. The van der Waals surface area contributed by atoms with Crippen molar-refractivity contribution in [1.82, 2.24) is 10.2 Å². The Hall–Kier alpha value is -0.120. The molecule has 0 aromatic heterocycles. The van der Waals surface area contributed by atoms with Gasteiger partial charge in [0.2, 0.25) is 0 Å². The highest BCUT2D eigenvalue weighted by atomic mass is 16.5. The fourth-order valence-electron chi connectivity index (χ4n) is 3.12. The van der Waals surface area contributed by atoms with Crippen molar-refractivity contribution in [3.05, 3.63) is 0 Å². The largest absolute Gasteiger partial charge is 0.381 e. The average Bonchev–Trinajstić information content (AvgIpc) is 2.45. The van der Waals surface area contributed by atoms with Crippen molar-refractivity contribution >= 4 is 0 Å². The maximum atomic E-state index is 5.41. The maximum absolute atomic E-state index is 5.41. The van der Waals surface area contributed by atoms with Crippen LogP contribution in [0.3, 0.4) is 0 Å². The van der Waals surface area contributed by atoms with E-state index in [1.54, 1.807) is 0 Å². The molecule has 0 bridgehead atoms. The summed E-state index contributed by atoms with van der Waals surface area (Å²) in [6.45, 7) is 6.99. The molecule has 2 aliphatic rings. The second-order valence-corrected chi connectivity index (χ2v) is 6.15. The van der Waals surface area contributed by atoms with Crippen LogP contribution in [0.5, 0.6) is 0 Å². The summed E-state index contributed by atoms with van der Waals surface area (Å²) >= 11 is 0. The van der Waals surface area contributed by atoms with Gasteiger partial charge in [-0.1, -0.05) is 0 Å².